The fourth-order valence-electron chi connectivity index (χ4n) is 3.31. The van der Waals surface area contributed by atoms with Crippen LogP contribution in [0.15, 0.2) is 71.3 Å². The fraction of sp³-hybridized carbons (Fsp3) is 0.0500. The molecular weight excluding hydrogens is 332 g/mol. The Hall–Kier alpha value is -3.85. The van der Waals surface area contributed by atoms with Gasteiger partial charge in [0.1, 0.15) is 17.4 Å². The third kappa shape index (κ3) is 2.11. The van der Waals surface area contributed by atoms with E-state index in [-0.39, 0.29) is 45.4 Å². The lowest BCUT2D eigenvalue weighted by Crippen LogP contribution is -2.32. The maximum atomic E-state index is 13.1. The monoisotopic (exact) mass is 344 g/mol. The van der Waals surface area contributed by atoms with Crippen LogP contribution >= 0.6 is 0 Å². The van der Waals surface area contributed by atoms with Gasteiger partial charge in [-0.05, 0) is 17.7 Å². The summed E-state index contributed by atoms with van der Waals surface area (Å²) in [7, 11) is 0. The molecule has 1 aliphatic heterocycles. The highest BCUT2D eigenvalue weighted by Gasteiger charge is 2.43. The van der Waals surface area contributed by atoms with E-state index in [2.05, 4.69) is 0 Å². The summed E-state index contributed by atoms with van der Waals surface area (Å²) >= 11 is 0. The van der Waals surface area contributed by atoms with Crippen LogP contribution in [0.5, 0.6) is 5.75 Å². The van der Waals surface area contributed by atoms with E-state index in [0.717, 1.165) is 0 Å². The third-order valence-corrected chi connectivity index (χ3v) is 4.51. The number of hydrogen-bond acceptors (Lipinski definition) is 6. The number of nitriles is 1. The average Bonchev–Trinajstić information content (AvgIpc) is 2.66. The van der Waals surface area contributed by atoms with Crippen LogP contribution < -0.4 is 5.73 Å². The number of rotatable bonds is 1. The van der Waals surface area contributed by atoms with Crippen molar-refractivity contribution in [2.24, 2.45) is 5.73 Å². The van der Waals surface area contributed by atoms with Crippen molar-refractivity contribution >= 4 is 11.6 Å². The molecule has 0 amide bonds. The maximum Gasteiger partial charge on any atom is 0.229 e. The second kappa shape index (κ2) is 5.60. The number of phenolic OH excluding ortho intramolecular Hbond substituents is 1. The van der Waals surface area contributed by atoms with Crippen molar-refractivity contribution < 1.29 is 19.4 Å². The lowest BCUT2D eigenvalue weighted by molar-refractivity contribution is 0.0897. The van der Waals surface area contributed by atoms with E-state index in [4.69, 9.17) is 10.5 Å². The highest BCUT2D eigenvalue weighted by molar-refractivity contribution is 6.27. The van der Waals surface area contributed by atoms with E-state index >= 15 is 0 Å². The molecule has 0 radical (unpaired) electrons. The maximum absolute atomic E-state index is 13.1. The normalized spacial score (nSPS) is 18.8. The molecule has 1 atom stereocenters. The summed E-state index contributed by atoms with van der Waals surface area (Å²) in [5, 5.41) is 19.1. The molecule has 126 valence electrons. The first-order valence-electron chi connectivity index (χ1n) is 7.82. The molecule has 2 aliphatic rings. The Bertz CT molecular complexity index is 1070. The summed E-state index contributed by atoms with van der Waals surface area (Å²) in [5.74, 6) is -1.98. The first kappa shape index (κ1) is 15.7. The van der Waals surface area contributed by atoms with E-state index in [1.54, 1.807) is 36.4 Å². The van der Waals surface area contributed by atoms with E-state index in [9.17, 15) is 20.0 Å². The number of aromatic hydroxyl groups is 1. The molecule has 0 spiro atoms. The van der Waals surface area contributed by atoms with Crippen LogP contribution in [-0.2, 0) is 4.74 Å². The number of ether oxygens (including phenoxy) is 1. The molecule has 6 nitrogen and oxygen atoms in total. The summed E-state index contributed by atoms with van der Waals surface area (Å²) in [4.78, 5) is 25.9. The number of allylic oxidation sites excluding steroid dienone is 3. The van der Waals surface area contributed by atoms with Crippen LogP contribution in [0.25, 0.3) is 0 Å². The Labute approximate surface area is 148 Å². The highest BCUT2D eigenvalue weighted by atomic mass is 16.5. The number of carbonyl (C=O) groups excluding carboxylic acids is 2. The van der Waals surface area contributed by atoms with Gasteiger partial charge in [0, 0.05) is 11.1 Å². The molecule has 0 saturated carbocycles. The molecular formula is C20H12N2O4. The summed E-state index contributed by atoms with van der Waals surface area (Å²) < 4.78 is 5.40. The van der Waals surface area contributed by atoms with Crippen LogP contribution in [-0.4, -0.2) is 16.7 Å². The number of hydrogen-bond donors (Lipinski definition) is 2. The average molecular weight is 344 g/mol. The Kier molecular flexibility index (Phi) is 3.38. The van der Waals surface area contributed by atoms with Gasteiger partial charge in [-0.2, -0.15) is 5.26 Å². The second-order valence-corrected chi connectivity index (χ2v) is 5.96. The van der Waals surface area contributed by atoms with Crippen molar-refractivity contribution in [2.45, 2.75) is 5.92 Å². The smallest absolute Gasteiger partial charge is 0.229 e. The predicted molar refractivity (Wildman–Crippen MR) is 90.9 cm³/mol. The third-order valence-electron chi connectivity index (χ3n) is 4.51. The zero-order valence-corrected chi connectivity index (χ0v) is 13.4. The quantitative estimate of drug-likeness (QED) is 0.822. The molecule has 1 aliphatic carbocycles. The minimum absolute atomic E-state index is 0.0434. The molecule has 1 unspecified atom stereocenters. The summed E-state index contributed by atoms with van der Waals surface area (Å²) in [5.41, 5.74) is 7.07. The zero-order chi connectivity index (χ0) is 18.4. The van der Waals surface area contributed by atoms with E-state index < -0.39 is 11.7 Å². The first-order chi connectivity index (χ1) is 12.5. The fourth-order valence-corrected chi connectivity index (χ4v) is 3.31. The Morgan fingerprint density at radius 3 is 2.23 bits per heavy atom. The van der Waals surface area contributed by atoms with Gasteiger partial charge in [-0.1, -0.05) is 36.4 Å². The van der Waals surface area contributed by atoms with Gasteiger partial charge in [-0.15, -0.1) is 0 Å². The van der Waals surface area contributed by atoms with Crippen molar-refractivity contribution in [1.29, 1.82) is 5.26 Å². The molecule has 2 aromatic rings. The molecule has 0 bridgehead atoms. The molecule has 0 fully saturated rings. The predicted octanol–water partition coefficient (Wildman–Crippen LogP) is 2.53. The summed E-state index contributed by atoms with van der Waals surface area (Å²) in [6, 6.07) is 14.5. The minimum atomic E-state index is -0.839. The molecule has 6 heteroatoms. The van der Waals surface area contributed by atoms with Crippen molar-refractivity contribution in [3.05, 3.63) is 88.0 Å². The van der Waals surface area contributed by atoms with Crippen LogP contribution in [0.4, 0.5) is 0 Å². The van der Waals surface area contributed by atoms with Crippen LogP contribution in [0.3, 0.4) is 0 Å². The lowest BCUT2D eigenvalue weighted by atomic mass is 9.75. The second-order valence-electron chi connectivity index (χ2n) is 5.96. The molecule has 3 N–H and O–H groups in total. The van der Waals surface area contributed by atoms with E-state index in [1.165, 1.54) is 12.1 Å². The SMILES string of the molecule is N#CC1=C(N)OC2=C(C(=O)c3ccccc3C2=O)C1c1ccc(O)cc1. The van der Waals surface area contributed by atoms with E-state index in [0.29, 0.717) is 5.56 Å². The van der Waals surface area contributed by atoms with Crippen molar-refractivity contribution in [2.75, 3.05) is 0 Å². The number of Topliss-reactive ketones (excluding diaryl/α,β-unsaturated/α-hetero) is 2. The van der Waals surface area contributed by atoms with Gasteiger partial charge in [-0.3, -0.25) is 9.59 Å². The number of fused-ring (bicyclic) bond motifs is 1. The molecule has 0 saturated heterocycles. The van der Waals surface area contributed by atoms with Gasteiger partial charge in [0.25, 0.3) is 0 Å². The molecule has 4 rings (SSSR count). The largest absolute Gasteiger partial charge is 0.508 e. The van der Waals surface area contributed by atoms with E-state index in [1.807, 2.05) is 6.07 Å². The Balaban J connectivity index is 1.97. The summed E-state index contributed by atoms with van der Waals surface area (Å²) in [6.07, 6.45) is 0. The van der Waals surface area contributed by atoms with Gasteiger partial charge in [-0.25, -0.2) is 0 Å². The summed E-state index contributed by atoms with van der Waals surface area (Å²) in [6.45, 7) is 0. The topological polar surface area (TPSA) is 113 Å². The van der Waals surface area contributed by atoms with Crippen molar-refractivity contribution in [1.82, 2.24) is 0 Å². The number of benzene rings is 2. The molecule has 1 heterocycles. The van der Waals surface area contributed by atoms with Gasteiger partial charge in [0.05, 0.1) is 11.5 Å². The zero-order valence-electron chi connectivity index (χ0n) is 13.4. The Morgan fingerprint density at radius 1 is 1.00 bits per heavy atom. The van der Waals surface area contributed by atoms with Crippen LogP contribution in [0.2, 0.25) is 0 Å². The molecule has 26 heavy (non-hydrogen) atoms. The minimum Gasteiger partial charge on any atom is -0.508 e. The van der Waals surface area contributed by atoms with Gasteiger partial charge in [0.15, 0.2) is 11.5 Å². The number of nitrogens with two attached hydrogens (primary N) is 1. The number of carbonyl (C=O) groups is 2. The molecule has 2 aromatic carbocycles. The van der Waals surface area contributed by atoms with Crippen molar-refractivity contribution in [3.8, 4) is 11.8 Å². The number of nitrogens with zero attached hydrogens (tertiary/aromatic N) is 1. The molecule has 0 aromatic heterocycles. The Morgan fingerprint density at radius 2 is 1.62 bits per heavy atom. The van der Waals surface area contributed by atoms with Gasteiger partial charge >= 0.3 is 0 Å². The standard InChI is InChI=1S/C20H12N2O4/c21-9-14-15(10-5-7-11(23)8-6-10)16-17(24)12-3-1-2-4-13(12)18(25)19(16)26-20(14)22/h1-8,15,23H,22H2. The lowest BCUT2D eigenvalue weighted by Gasteiger charge is -2.30. The van der Waals surface area contributed by atoms with Gasteiger partial charge < -0.3 is 15.6 Å². The van der Waals surface area contributed by atoms with Crippen molar-refractivity contribution in [3.63, 3.8) is 0 Å². The van der Waals surface area contributed by atoms with Crippen LogP contribution in [0, 0.1) is 11.3 Å². The first-order valence-corrected chi connectivity index (χ1v) is 7.82. The highest BCUT2D eigenvalue weighted by Crippen LogP contribution is 2.44. The number of phenols is 1. The van der Waals surface area contributed by atoms with Gasteiger partial charge in [0.2, 0.25) is 11.7 Å². The van der Waals surface area contributed by atoms with Crippen LogP contribution in [0.1, 0.15) is 32.2 Å². The number of ketones is 2.